The zero-order valence-corrected chi connectivity index (χ0v) is 17.9. The van der Waals surface area contributed by atoms with Gasteiger partial charge in [0.1, 0.15) is 18.3 Å². The molecule has 4 N–H and O–H groups in total. The SMILES string of the molecule is CCOC(=O)C(OCC1OC(n2cnc3cc(Cl)c(Cl)cc32)C(O)C1O)P(=O)(O)O. The van der Waals surface area contributed by atoms with Crippen LogP contribution in [0.3, 0.4) is 0 Å². The average molecular weight is 485 g/mol. The lowest BCUT2D eigenvalue weighted by atomic mass is 10.1. The molecule has 0 radical (unpaired) electrons. The van der Waals surface area contributed by atoms with E-state index in [1.165, 1.54) is 30.0 Å². The quantitative estimate of drug-likeness (QED) is 0.330. The maximum Gasteiger partial charge on any atom is 0.365 e. The average Bonchev–Trinajstić information content (AvgIpc) is 3.17. The zero-order chi connectivity index (χ0) is 22.2. The molecule has 0 bridgehead atoms. The number of carbonyl (C=O) groups is 1. The van der Waals surface area contributed by atoms with Crippen molar-refractivity contribution in [1.29, 1.82) is 0 Å². The molecule has 166 valence electrons. The second-order valence-corrected chi connectivity index (χ2v) is 8.94. The van der Waals surface area contributed by atoms with E-state index in [4.69, 9.17) is 32.7 Å². The Balaban J connectivity index is 1.78. The van der Waals surface area contributed by atoms with E-state index in [0.717, 1.165) is 0 Å². The molecule has 14 heteroatoms. The molecule has 1 aromatic heterocycles. The van der Waals surface area contributed by atoms with Crippen LogP contribution in [0, 0.1) is 0 Å². The van der Waals surface area contributed by atoms with Gasteiger partial charge in [0.25, 0.3) is 5.85 Å². The molecule has 1 aromatic carbocycles. The van der Waals surface area contributed by atoms with Crippen LogP contribution in [0.15, 0.2) is 18.5 Å². The molecule has 0 amide bonds. The molecule has 5 atom stereocenters. The van der Waals surface area contributed by atoms with Gasteiger partial charge in [0, 0.05) is 0 Å². The Kier molecular flexibility index (Phi) is 7.08. The topological polar surface area (TPSA) is 161 Å². The molecule has 2 heterocycles. The second-order valence-electron chi connectivity index (χ2n) is 6.48. The minimum absolute atomic E-state index is 0.109. The molecule has 1 saturated heterocycles. The van der Waals surface area contributed by atoms with Crippen LogP contribution >= 0.6 is 30.8 Å². The summed E-state index contributed by atoms with van der Waals surface area (Å²) in [4.78, 5) is 34.6. The second kappa shape index (κ2) is 9.07. The standard InChI is InChI=1S/C16H19Cl2N2O9P/c1-2-27-15(23)16(30(24,25)26)28-5-11-12(21)13(22)14(29-11)20-6-19-9-3-7(17)8(18)4-10(9)20/h3-4,6,11-14,16,21-22H,2,5H2,1H3,(H2,24,25,26). The summed E-state index contributed by atoms with van der Waals surface area (Å²) in [5.74, 6) is -3.43. The number of nitrogens with zero attached hydrogens (tertiary/aromatic N) is 2. The highest BCUT2D eigenvalue weighted by atomic mass is 35.5. The third-order valence-electron chi connectivity index (χ3n) is 4.44. The summed E-state index contributed by atoms with van der Waals surface area (Å²) in [6.45, 7) is 0.763. The molecule has 5 unspecified atom stereocenters. The van der Waals surface area contributed by atoms with E-state index >= 15 is 0 Å². The fraction of sp³-hybridized carbons (Fsp3) is 0.500. The summed E-state index contributed by atoms with van der Waals surface area (Å²) in [7, 11) is -5.00. The number of imidazole rings is 1. The first kappa shape index (κ1) is 23.4. The summed E-state index contributed by atoms with van der Waals surface area (Å²) in [5, 5.41) is 21.3. The van der Waals surface area contributed by atoms with Crippen LogP contribution in [0.2, 0.25) is 10.0 Å². The Morgan fingerprint density at radius 1 is 1.30 bits per heavy atom. The molecule has 1 aliphatic rings. The number of carbonyl (C=O) groups excluding carboxylic acids is 1. The molecule has 1 aliphatic heterocycles. The molecule has 0 aliphatic carbocycles. The van der Waals surface area contributed by atoms with Crippen molar-refractivity contribution in [2.24, 2.45) is 0 Å². The Bertz CT molecular complexity index is 981. The third-order valence-corrected chi connectivity index (χ3v) is 6.13. The van der Waals surface area contributed by atoms with Crippen LogP contribution in [0.25, 0.3) is 11.0 Å². The molecule has 0 saturated carbocycles. The van der Waals surface area contributed by atoms with Gasteiger partial charge in [-0.05, 0) is 19.1 Å². The number of hydrogen-bond donors (Lipinski definition) is 4. The highest BCUT2D eigenvalue weighted by molar-refractivity contribution is 7.53. The highest BCUT2D eigenvalue weighted by Gasteiger charge is 2.46. The molecule has 11 nitrogen and oxygen atoms in total. The lowest BCUT2D eigenvalue weighted by Crippen LogP contribution is -2.36. The Morgan fingerprint density at radius 3 is 2.60 bits per heavy atom. The largest absolute Gasteiger partial charge is 0.464 e. The van der Waals surface area contributed by atoms with E-state index < -0.39 is 50.6 Å². The number of halogens is 2. The predicted octanol–water partition coefficient (Wildman–Crippen LogP) is 1.05. The molecule has 1 fully saturated rings. The van der Waals surface area contributed by atoms with Gasteiger partial charge in [-0.1, -0.05) is 23.2 Å². The van der Waals surface area contributed by atoms with Crippen molar-refractivity contribution >= 4 is 47.8 Å². The number of esters is 1. The number of rotatable bonds is 7. The Morgan fingerprint density at radius 2 is 1.97 bits per heavy atom. The van der Waals surface area contributed by atoms with Gasteiger partial charge in [0.05, 0.1) is 40.6 Å². The molecule has 2 aromatic rings. The zero-order valence-electron chi connectivity index (χ0n) is 15.5. The van der Waals surface area contributed by atoms with E-state index in [0.29, 0.717) is 11.0 Å². The van der Waals surface area contributed by atoms with Crippen molar-refractivity contribution in [2.75, 3.05) is 13.2 Å². The van der Waals surface area contributed by atoms with Crippen molar-refractivity contribution in [3.8, 4) is 0 Å². The third kappa shape index (κ3) is 4.64. The van der Waals surface area contributed by atoms with Gasteiger partial charge in [0.15, 0.2) is 6.23 Å². The number of benzene rings is 1. The van der Waals surface area contributed by atoms with Crippen molar-refractivity contribution < 1.29 is 43.6 Å². The number of ether oxygens (including phenoxy) is 3. The molecule has 3 rings (SSSR count). The minimum Gasteiger partial charge on any atom is -0.464 e. The first-order valence-electron chi connectivity index (χ1n) is 8.71. The van der Waals surface area contributed by atoms with Gasteiger partial charge in [-0.2, -0.15) is 0 Å². The normalized spacial score (nSPS) is 25.6. The lowest BCUT2D eigenvalue weighted by molar-refractivity contribution is -0.155. The highest BCUT2D eigenvalue weighted by Crippen LogP contribution is 2.43. The summed E-state index contributed by atoms with van der Waals surface area (Å²) in [5.41, 5.74) is 0.945. The molecule has 0 spiro atoms. The van der Waals surface area contributed by atoms with Gasteiger partial charge >= 0.3 is 13.6 Å². The van der Waals surface area contributed by atoms with Crippen LogP contribution in [-0.4, -0.2) is 72.9 Å². The molecular formula is C16H19Cl2N2O9P. The summed E-state index contributed by atoms with van der Waals surface area (Å²) in [6.07, 6.45) is -3.85. The Hall–Kier alpha value is -1.27. The number of aliphatic hydroxyl groups excluding tert-OH is 2. The Labute approximate surface area is 180 Å². The van der Waals surface area contributed by atoms with Gasteiger partial charge in [-0.25, -0.2) is 9.78 Å². The number of hydrogen-bond acceptors (Lipinski definition) is 8. The van der Waals surface area contributed by atoms with Crippen LogP contribution in [-0.2, 0) is 23.6 Å². The van der Waals surface area contributed by atoms with E-state index in [1.807, 2.05) is 0 Å². The fourth-order valence-corrected chi connectivity index (χ4v) is 3.97. The monoisotopic (exact) mass is 484 g/mol. The van der Waals surface area contributed by atoms with E-state index in [1.54, 1.807) is 0 Å². The number of aliphatic hydroxyl groups is 2. The fourth-order valence-electron chi connectivity index (χ4n) is 3.02. The van der Waals surface area contributed by atoms with Crippen LogP contribution in [0.1, 0.15) is 13.2 Å². The van der Waals surface area contributed by atoms with Crippen molar-refractivity contribution in [1.82, 2.24) is 9.55 Å². The number of fused-ring (bicyclic) bond motifs is 1. The van der Waals surface area contributed by atoms with Gasteiger partial charge in [-0.3, -0.25) is 4.57 Å². The molecular weight excluding hydrogens is 466 g/mol. The van der Waals surface area contributed by atoms with Crippen molar-refractivity contribution in [2.45, 2.75) is 37.3 Å². The van der Waals surface area contributed by atoms with Gasteiger partial charge < -0.3 is 38.8 Å². The summed E-state index contributed by atoms with van der Waals surface area (Å²) >= 11 is 12.0. The smallest absolute Gasteiger partial charge is 0.365 e. The van der Waals surface area contributed by atoms with Crippen molar-refractivity contribution in [3.05, 3.63) is 28.5 Å². The van der Waals surface area contributed by atoms with Crippen molar-refractivity contribution in [3.63, 3.8) is 0 Å². The first-order valence-corrected chi connectivity index (χ1v) is 11.1. The summed E-state index contributed by atoms with van der Waals surface area (Å²) < 4.78 is 28.2. The van der Waals surface area contributed by atoms with Crippen LogP contribution < -0.4 is 0 Å². The predicted molar refractivity (Wildman–Crippen MR) is 104 cm³/mol. The van der Waals surface area contributed by atoms with E-state index in [-0.39, 0.29) is 16.7 Å². The minimum atomic E-state index is -5.00. The van der Waals surface area contributed by atoms with E-state index in [9.17, 15) is 29.4 Å². The lowest BCUT2D eigenvalue weighted by Gasteiger charge is -2.21. The van der Waals surface area contributed by atoms with Gasteiger partial charge in [0.2, 0.25) is 0 Å². The number of aromatic nitrogens is 2. The van der Waals surface area contributed by atoms with Gasteiger partial charge in [-0.15, -0.1) is 0 Å². The van der Waals surface area contributed by atoms with Crippen LogP contribution in [0.4, 0.5) is 0 Å². The summed E-state index contributed by atoms with van der Waals surface area (Å²) in [6, 6.07) is 3.04. The molecule has 30 heavy (non-hydrogen) atoms. The maximum absolute atomic E-state index is 11.8. The van der Waals surface area contributed by atoms with E-state index in [2.05, 4.69) is 9.72 Å². The van der Waals surface area contributed by atoms with Crippen LogP contribution in [0.5, 0.6) is 0 Å². The maximum atomic E-state index is 11.8. The first-order chi connectivity index (χ1) is 14.0.